The minimum Gasteiger partial charge on any atom is -0.309 e. The molecule has 2 heterocycles. The van der Waals surface area contributed by atoms with Crippen LogP contribution in [0.15, 0.2) is 15.2 Å². The van der Waals surface area contributed by atoms with Gasteiger partial charge in [-0.05, 0) is 72.2 Å². The van der Waals surface area contributed by atoms with Gasteiger partial charge in [-0.3, -0.25) is 4.90 Å². The number of likely N-dealkylation sites (N-methyl/N-ethyl adjacent to an activating group) is 1. The van der Waals surface area contributed by atoms with Crippen LogP contribution in [0.3, 0.4) is 0 Å². The molecule has 1 atom stereocenters. The van der Waals surface area contributed by atoms with Crippen molar-refractivity contribution in [3.63, 3.8) is 0 Å². The highest BCUT2D eigenvalue weighted by molar-refractivity contribution is 9.10. The summed E-state index contributed by atoms with van der Waals surface area (Å²) in [5.41, 5.74) is 1.83. The standard InChI is InChI=1S/C17H27BrN2S/c1-2-19-16(14-12-21-13-15(14)18)17(8-4-5-9-17)20-10-6-3-7-11-20/h12-13,16,19H,2-11H2,1H3. The summed E-state index contributed by atoms with van der Waals surface area (Å²) >= 11 is 5.60. The third-order valence-electron chi connectivity index (χ3n) is 5.35. The molecule has 1 aliphatic heterocycles. The third kappa shape index (κ3) is 3.10. The van der Waals surface area contributed by atoms with Gasteiger partial charge in [-0.15, -0.1) is 0 Å². The fourth-order valence-corrected chi connectivity index (χ4v) is 5.96. The van der Waals surface area contributed by atoms with E-state index in [4.69, 9.17) is 0 Å². The summed E-state index contributed by atoms with van der Waals surface area (Å²) in [6.07, 6.45) is 9.66. The van der Waals surface area contributed by atoms with Gasteiger partial charge in [0.1, 0.15) is 0 Å². The topological polar surface area (TPSA) is 15.3 Å². The van der Waals surface area contributed by atoms with E-state index in [1.165, 1.54) is 68.1 Å². The Morgan fingerprint density at radius 1 is 1.19 bits per heavy atom. The molecular formula is C17H27BrN2S. The molecule has 0 aromatic carbocycles. The fourth-order valence-electron chi connectivity index (χ4n) is 4.40. The van der Waals surface area contributed by atoms with Gasteiger partial charge in [0.15, 0.2) is 0 Å². The molecule has 2 nitrogen and oxygen atoms in total. The Morgan fingerprint density at radius 3 is 2.48 bits per heavy atom. The van der Waals surface area contributed by atoms with Crippen molar-refractivity contribution >= 4 is 27.3 Å². The molecule has 118 valence electrons. The van der Waals surface area contributed by atoms with Crippen LogP contribution < -0.4 is 5.32 Å². The van der Waals surface area contributed by atoms with E-state index in [-0.39, 0.29) is 0 Å². The van der Waals surface area contributed by atoms with Gasteiger partial charge in [0, 0.05) is 15.4 Å². The van der Waals surface area contributed by atoms with Crippen molar-refractivity contribution in [1.82, 2.24) is 10.2 Å². The van der Waals surface area contributed by atoms with Crippen molar-refractivity contribution in [2.24, 2.45) is 0 Å². The van der Waals surface area contributed by atoms with Gasteiger partial charge in [0.25, 0.3) is 0 Å². The van der Waals surface area contributed by atoms with E-state index in [1.807, 2.05) is 11.3 Å². The zero-order chi connectivity index (χ0) is 14.7. The van der Waals surface area contributed by atoms with E-state index < -0.39 is 0 Å². The molecule has 0 spiro atoms. The Labute approximate surface area is 141 Å². The second-order valence-corrected chi connectivity index (χ2v) is 8.12. The number of halogens is 1. The van der Waals surface area contributed by atoms with Gasteiger partial charge < -0.3 is 5.32 Å². The average molecular weight is 371 g/mol. The zero-order valence-electron chi connectivity index (χ0n) is 13.0. The Kier molecular flexibility index (Phi) is 5.41. The second-order valence-electron chi connectivity index (χ2n) is 6.52. The lowest BCUT2D eigenvalue weighted by Gasteiger charge is -2.49. The van der Waals surface area contributed by atoms with Gasteiger partial charge in [-0.2, -0.15) is 11.3 Å². The van der Waals surface area contributed by atoms with Gasteiger partial charge in [0.05, 0.1) is 6.04 Å². The van der Waals surface area contributed by atoms with Gasteiger partial charge in [-0.1, -0.05) is 26.2 Å². The van der Waals surface area contributed by atoms with Crippen LogP contribution in [0.5, 0.6) is 0 Å². The number of nitrogens with one attached hydrogen (secondary N) is 1. The average Bonchev–Trinajstić information content (AvgIpc) is 3.16. The molecule has 1 saturated carbocycles. The van der Waals surface area contributed by atoms with Crippen LogP contribution in [0.2, 0.25) is 0 Å². The summed E-state index contributed by atoms with van der Waals surface area (Å²) in [6, 6.07) is 0.476. The number of likely N-dealkylation sites (tertiary alicyclic amines) is 1. The van der Waals surface area contributed by atoms with Crippen LogP contribution in [-0.4, -0.2) is 30.1 Å². The molecule has 1 unspecified atom stereocenters. The number of hydrogen-bond acceptors (Lipinski definition) is 3. The highest BCUT2D eigenvalue weighted by Gasteiger charge is 2.47. The van der Waals surface area contributed by atoms with Crippen molar-refractivity contribution in [1.29, 1.82) is 0 Å². The molecule has 0 radical (unpaired) electrons. The number of rotatable bonds is 5. The molecule has 1 aliphatic carbocycles. The fraction of sp³-hybridized carbons (Fsp3) is 0.765. The largest absolute Gasteiger partial charge is 0.309 e. The van der Waals surface area contributed by atoms with E-state index in [0.29, 0.717) is 11.6 Å². The summed E-state index contributed by atoms with van der Waals surface area (Å²) in [5, 5.41) is 8.42. The van der Waals surface area contributed by atoms with Crippen molar-refractivity contribution in [2.75, 3.05) is 19.6 Å². The first-order chi connectivity index (χ1) is 10.3. The lowest BCUT2D eigenvalue weighted by atomic mass is 9.81. The highest BCUT2D eigenvalue weighted by Crippen LogP contribution is 2.47. The molecule has 0 bridgehead atoms. The van der Waals surface area contributed by atoms with Crippen LogP contribution in [0, 0.1) is 0 Å². The number of thiophene rings is 1. The van der Waals surface area contributed by atoms with Gasteiger partial charge in [0.2, 0.25) is 0 Å². The first-order valence-corrected chi connectivity index (χ1v) is 10.2. The quantitative estimate of drug-likeness (QED) is 0.787. The van der Waals surface area contributed by atoms with E-state index in [2.05, 4.69) is 43.8 Å². The van der Waals surface area contributed by atoms with E-state index in [1.54, 1.807) is 0 Å². The molecule has 21 heavy (non-hydrogen) atoms. The molecule has 1 aromatic heterocycles. The predicted molar refractivity (Wildman–Crippen MR) is 95.1 cm³/mol. The summed E-state index contributed by atoms with van der Waals surface area (Å²) in [7, 11) is 0. The summed E-state index contributed by atoms with van der Waals surface area (Å²) in [6.45, 7) is 5.88. The van der Waals surface area contributed by atoms with E-state index in [0.717, 1.165) is 6.54 Å². The SMILES string of the molecule is CCNC(c1cscc1Br)C1(N2CCCCC2)CCCC1. The smallest absolute Gasteiger partial charge is 0.0526 e. The Bertz CT molecular complexity index is 447. The molecule has 2 fully saturated rings. The lowest BCUT2D eigenvalue weighted by molar-refractivity contribution is 0.0364. The van der Waals surface area contributed by atoms with Gasteiger partial charge in [-0.25, -0.2) is 0 Å². The van der Waals surface area contributed by atoms with Crippen LogP contribution >= 0.6 is 27.3 Å². The van der Waals surface area contributed by atoms with Crippen LogP contribution in [0.25, 0.3) is 0 Å². The lowest BCUT2D eigenvalue weighted by Crippen LogP contribution is -2.56. The van der Waals surface area contributed by atoms with E-state index in [9.17, 15) is 0 Å². The molecule has 2 aliphatic rings. The van der Waals surface area contributed by atoms with Crippen LogP contribution in [0.1, 0.15) is 63.5 Å². The number of piperidine rings is 1. The van der Waals surface area contributed by atoms with Crippen molar-refractivity contribution in [3.05, 3.63) is 20.8 Å². The summed E-state index contributed by atoms with van der Waals surface area (Å²) < 4.78 is 1.29. The minimum atomic E-state index is 0.347. The predicted octanol–water partition coefficient (Wildman–Crippen LogP) is 4.96. The summed E-state index contributed by atoms with van der Waals surface area (Å²) in [4.78, 5) is 2.83. The second kappa shape index (κ2) is 7.12. The molecular weight excluding hydrogens is 344 g/mol. The van der Waals surface area contributed by atoms with Crippen molar-refractivity contribution < 1.29 is 0 Å². The maximum absolute atomic E-state index is 3.84. The molecule has 4 heteroatoms. The molecule has 3 rings (SSSR count). The van der Waals surface area contributed by atoms with E-state index >= 15 is 0 Å². The number of hydrogen-bond donors (Lipinski definition) is 1. The molecule has 1 N–H and O–H groups in total. The maximum Gasteiger partial charge on any atom is 0.0526 e. The number of nitrogens with zero attached hydrogens (tertiary/aromatic N) is 1. The molecule has 0 amide bonds. The van der Waals surface area contributed by atoms with Crippen LogP contribution in [-0.2, 0) is 0 Å². The minimum absolute atomic E-state index is 0.347. The molecule has 1 saturated heterocycles. The van der Waals surface area contributed by atoms with Crippen molar-refractivity contribution in [3.8, 4) is 0 Å². The zero-order valence-corrected chi connectivity index (χ0v) is 15.4. The normalized spacial score (nSPS) is 24.3. The first kappa shape index (κ1) is 16.0. The first-order valence-electron chi connectivity index (χ1n) is 8.48. The third-order valence-corrected chi connectivity index (χ3v) is 7.11. The van der Waals surface area contributed by atoms with Crippen LogP contribution in [0.4, 0.5) is 0 Å². The molecule has 1 aromatic rings. The Morgan fingerprint density at radius 2 is 1.90 bits per heavy atom. The highest BCUT2D eigenvalue weighted by atomic mass is 79.9. The summed E-state index contributed by atoms with van der Waals surface area (Å²) in [5.74, 6) is 0. The van der Waals surface area contributed by atoms with Gasteiger partial charge >= 0.3 is 0 Å². The maximum atomic E-state index is 3.84. The Hall–Kier alpha value is 0.1000. The van der Waals surface area contributed by atoms with Crippen molar-refractivity contribution in [2.45, 2.75) is 63.5 Å². The Balaban J connectivity index is 1.94. The monoisotopic (exact) mass is 370 g/mol.